The van der Waals surface area contributed by atoms with Gasteiger partial charge in [-0.3, -0.25) is 9.80 Å². The summed E-state index contributed by atoms with van der Waals surface area (Å²) in [4.78, 5) is 16.0. The lowest BCUT2D eigenvalue weighted by Crippen LogP contribution is -2.45. The number of hydrogen-bond donors (Lipinski definition) is 2. The number of amides is 1. The number of pyridine rings is 1. The fraction of sp³-hybridized carbons (Fsp3) is 0.429. The van der Waals surface area contributed by atoms with Gasteiger partial charge in [-0.25, -0.2) is 10.4 Å². The Bertz CT molecular complexity index is 538. The van der Waals surface area contributed by atoms with Crippen LogP contribution in [0, 0.1) is 0 Å². The van der Waals surface area contributed by atoms with Gasteiger partial charge in [0.15, 0.2) is 5.82 Å². The summed E-state index contributed by atoms with van der Waals surface area (Å²) in [5.74, 6) is 1.08. The van der Waals surface area contributed by atoms with Crippen molar-refractivity contribution in [2.24, 2.45) is 0 Å². The molecule has 2 aliphatic heterocycles. The Balaban J connectivity index is 1.98. The molecule has 1 aromatic rings. The molecule has 0 atom stereocenters. The van der Waals surface area contributed by atoms with Crippen molar-refractivity contribution < 1.29 is 4.79 Å². The summed E-state index contributed by atoms with van der Waals surface area (Å²) >= 11 is 0. The van der Waals surface area contributed by atoms with E-state index in [1.165, 1.54) is 11.1 Å². The number of carbonyl (C=O) groups is 1. The monoisotopic (exact) mass is 258 g/mol. The van der Waals surface area contributed by atoms with Gasteiger partial charge in [0.25, 0.3) is 0 Å². The maximum absolute atomic E-state index is 11.6. The summed E-state index contributed by atoms with van der Waals surface area (Å²) in [6, 6.07) is 4.03. The smallest absolute Gasteiger partial charge is 0.224 e. The van der Waals surface area contributed by atoms with E-state index in [1.807, 2.05) is 12.3 Å². The quantitative estimate of drug-likeness (QED) is 0.852. The van der Waals surface area contributed by atoms with Crippen molar-refractivity contribution in [3.05, 3.63) is 29.5 Å². The second-order valence-electron chi connectivity index (χ2n) is 4.90. The van der Waals surface area contributed by atoms with E-state index < -0.39 is 0 Å². The minimum atomic E-state index is 0.113. The van der Waals surface area contributed by atoms with Gasteiger partial charge in [0, 0.05) is 24.8 Å². The van der Waals surface area contributed by atoms with Crippen molar-refractivity contribution in [2.75, 3.05) is 24.6 Å². The van der Waals surface area contributed by atoms with E-state index in [-0.39, 0.29) is 5.91 Å². The highest BCUT2D eigenvalue weighted by atomic mass is 16.1. The molecule has 0 fully saturated rings. The highest BCUT2D eigenvalue weighted by Gasteiger charge is 2.28. The zero-order valence-electron chi connectivity index (χ0n) is 11.1. The first-order valence-electron chi connectivity index (χ1n) is 6.73. The maximum Gasteiger partial charge on any atom is 0.224 e. The van der Waals surface area contributed by atoms with Crippen LogP contribution in [0.25, 0.3) is 5.57 Å². The Morgan fingerprint density at radius 1 is 1.53 bits per heavy atom. The predicted octanol–water partition coefficient (Wildman–Crippen LogP) is 1.09. The van der Waals surface area contributed by atoms with Crippen molar-refractivity contribution in [2.45, 2.75) is 19.8 Å². The van der Waals surface area contributed by atoms with Crippen LogP contribution in [0.4, 0.5) is 5.82 Å². The Hall–Kier alpha value is -1.88. The van der Waals surface area contributed by atoms with E-state index in [0.717, 1.165) is 30.9 Å². The SMILES string of the molecule is CCCNN1CC2=C(CNC(=O)C2)c2cccnc21. The Morgan fingerprint density at radius 3 is 3.26 bits per heavy atom. The molecule has 2 aliphatic rings. The van der Waals surface area contributed by atoms with Gasteiger partial charge in [0.1, 0.15) is 0 Å². The Kier molecular flexibility index (Phi) is 3.21. The molecule has 0 spiro atoms. The molecule has 100 valence electrons. The van der Waals surface area contributed by atoms with Crippen LogP contribution in [0.1, 0.15) is 25.3 Å². The third kappa shape index (κ3) is 2.21. The maximum atomic E-state index is 11.6. The molecule has 19 heavy (non-hydrogen) atoms. The highest BCUT2D eigenvalue weighted by Crippen LogP contribution is 2.34. The van der Waals surface area contributed by atoms with Crippen molar-refractivity contribution >= 4 is 17.3 Å². The topological polar surface area (TPSA) is 57.3 Å². The fourth-order valence-corrected chi connectivity index (χ4v) is 2.60. The van der Waals surface area contributed by atoms with Crippen molar-refractivity contribution in [3.8, 4) is 0 Å². The van der Waals surface area contributed by atoms with E-state index in [1.54, 1.807) is 0 Å². The van der Waals surface area contributed by atoms with Gasteiger partial charge in [-0.15, -0.1) is 0 Å². The molecular formula is C14H18N4O. The van der Waals surface area contributed by atoms with Crippen molar-refractivity contribution in [1.29, 1.82) is 0 Å². The summed E-state index contributed by atoms with van der Waals surface area (Å²) in [5, 5.41) is 4.98. The summed E-state index contributed by atoms with van der Waals surface area (Å²) in [5.41, 5.74) is 6.95. The number of rotatable bonds is 3. The molecule has 0 aromatic carbocycles. The summed E-state index contributed by atoms with van der Waals surface area (Å²) in [6.45, 7) is 4.40. The molecule has 2 N–H and O–H groups in total. The van der Waals surface area contributed by atoms with Crippen LogP contribution in [-0.4, -0.2) is 30.5 Å². The average Bonchev–Trinajstić information content (AvgIpc) is 2.44. The molecule has 1 amide bonds. The predicted molar refractivity (Wildman–Crippen MR) is 74.4 cm³/mol. The van der Waals surface area contributed by atoms with Crippen LogP contribution in [0.15, 0.2) is 23.9 Å². The molecule has 0 aliphatic carbocycles. The molecule has 5 nitrogen and oxygen atoms in total. The highest BCUT2D eigenvalue weighted by molar-refractivity contribution is 5.91. The van der Waals surface area contributed by atoms with E-state index >= 15 is 0 Å². The lowest BCUT2D eigenvalue weighted by molar-refractivity contribution is -0.120. The lowest BCUT2D eigenvalue weighted by atomic mass is 9.92. The van der Waals surface area contributed by atoms with Gasteiger partial charge in [-0.1, -0.05) is 6.92 Å². The van der Waals surface area contributed by atoms with Crippen LogP contribution >= 0.6 is 0 Å². The first-order chi connectivity index (χ1) is 9.29. The number of anilines is 1. The summed E-state index contributed by atoms with van der Waals surface area (Å²) < 4.78 is 0. The van der Waals surface area contributed by atoms with E-state index in [2.05, 4.69) is 33.7 Å². The molecule has 0 radical (unpaired) electrons. The van der Waals surface area contributed by atoms with Gasteiger partial charge < -0.3 is 5.32 Å². The summed E-state index contributed by atoms with van der Waals surface area (Å²) in [6.07, 6.45) is 3.37. The molecule has 1 aromatic heterocycles. The third-order valence-electron chi connectivity index (χ3n) is 3.53. The van der Waals surface area contributed by atoms with Crippen LogP contribution in [0.2, 0.25) is 0 Å². The molecule has 5 heteroatoms. The second kappa shape index (κ2) is 5.01. The molecule has 0 unspecified atom stereocenters. The number of fused-ring (bicyclic) bond motifs is 2. The normalized spacial score (nSPS) is 17.9. The van der Waals surface area contributed by atoms with Crippen LogP contribution in [-0.2, 0) is 4.79 Å². The number of nitrogens with zero attached hydrogens (tertiary/aromatic N) is 2. The largest absolute Gasteiger partial charge is 0.352 e. The molecular weight excluding hydrogens is 240 g/mol. The third-order valence-corrected chi connectivity index (χ3v) is 3.53. The van der Waals surface area contributed by atoms with Crippen LogP contribution < -0.4 is 15.8 Å². The zero-order valence-corrected chi connectivity index (χ0v) is 11.1. The first kappa shape index (κ1) is 12.2. The number of aromatic nitrogens is 1. The standard InChI is InChI=1S/C14H18N4O/c1-2-5-17-18-9-10-7-13(19)16-8-12(10)11-4-3-6-15-14(11)18/h3-4,6,17H,2,5,7-9H2,1H3,(H,16,19). The van der Waals surface area contributed by atoms with Gasteiger partial charge >= 0.3 is 0 Å². The van der Waals surface area contributed by atoms with E-state index in [4.69, 9.17) is 0 Å². The van der Waals surface area contributed by atoms with Crippen LogP contribution in [0.5, 0.6) is 0 Å². The average molecular weight is 258 g/mol. The minimum absolute atomic E-state index is 0.113. The van der Waals surface area contributed by atoms with Crippen molar-refractivity contribution in [3.63, 3.8) is 0 Å². The Morgan fingerprint density at radius 2 is 2.42 bits per heavy atom. The van der Waals surface area contributed by atoms with Gasteiger partial charge in [0.2, 0.25) is 5.91 Å². The Labute approximate surface area is 112 Å². The zero-order chi connectivity index (χ0) is 13.2. The number of hydrogen-bond acceptors (Lipinski definition) is 4. The number of carbonyl (C=O) groups excluding carboxylic acids is 1. The van der Waals surface area contributed by atoms with Gasteiger partial charge in [-0.2, -0.15) is 0 Å². The van der Waals surface area contributed by atoms with E-state index in [0.29, 0.717) is 13.0 Å². The van der Waals surface area contributed by atoms with E-state index in [9.17, 15) is 4.79 Å². The lowest BCUT2D eigenvalue weighted by Gasteiger charge is -2.35. The number of hydrazine groups is 1. The number of nitrogens with one attached hydrogen (secondary N) is 2. The molecule has 3 heterocycles. The molecule has 3 rings (SSSR count). The van der Waals surface area contributed by atoms with Gasteiger partial charge in [-0.05, 0) is 29.7 Å². The van der Waals surface area contributed by atoms with Crippen LogP contribution in [0.3, 0.4) is 0 Å². The fourth-order valence-electron chi connectivity index (χ4n) is 2.60. The van der Waals surface area contributed by atoms with Gasteiger partial charge in [0.05, 0.1) is 13.0 Å². The molecule has 0 saturated carbocycles. The van der Waals surface area contributed by atoms with Crippen molar-refractivity contribution in [1.82, 2.24) is 15.7 Å². The molecule has 0 bridgehead atoms. The minimum Gasteiger partial charge on any atom is -0.352 e. The molecule has 0 saturated heterocycles. The second-order valence-corrected chi connectivity index (χ2v) is 4.90. The summed E-state index contributed by atoms with van der Waals surface area (Å²) in [7, 11) is 0. The first-order valence-corrected chi connectivity index (χ1v) is 6.73.